The van der Waals surface area contributed by atoms with E-state index in [0.717, 1.165) is 36.8 Å². The van der Waals surface area contributed by atoms with Crippen molar-refractivity contribution < 1.29 is 4.79 Å². The van der Waals surface area contributed by atoms with E-state index < -0.39 is 5.92 Å². The quantitative estimate of drug-likeness (QED) is 0.817. The van der Waals surface area contributed by atoms with E-state index in [1.54, 1.807) is 0 Å². The van der Waals surface area contributed by atoms with Crippen molar-refractivity contribution in [2.24, 2.45) is 5.41 Å². The smallest absolute Gasteiger partial charge is 0.160 e. The van der Waals surface area contributed by atoms with Crippen molar-refractivity contribution in [1.82, 2.24) is 0 Å². The van der Waals surface area contributed by atoms with E-state index in [1.807, 2.05) is 39.0 Å². The number of benzene rings is 1. The monoisotopic (exact) mass is 255 g/mol. The highest BCUT2D eigenvalue weighted by atomic mass is 16.1. The summed E-state index contributed by atoms with van der Waals surface area (Å²) in [6, 6.07) is 8.13. The van der Waals surface area contributed by atoms with Crippen LogP contribution >= 0.6 is 0 Å². The lowest BCUT2D eigenvalue weighted by atomic mass is 9.76. The maximum absolute atomic E-state index is 12.7. The third kappa shape index (κ3) is 2.56. The molecule has 2 rings (SSSR count). The maximum Gasteiger partial charge on any atom is 0.160 e. The molecule has 1 aromatic rings. The van der Waals surface area contributed by atoms with E-state index in [-0.39, 0.29) is 11.2 Å². The van der Waals surface area contributed by atoms with Gasteiger partial charge in [-0.25, -0.2) is 0 Å². The summed E-state index contributed by atoms with van der Waals surface area (Å²) in [7, 11) is 0. The van der Waals surface area contributed by atoms with E-state index in [2.05, 4.69) is 6.07 Å². The molecule has 0 heterocycles. The number of hydrogen-bond donors (Lipinski definition) is 0. The zero-order valence-corrected chi connectivity index (χ0v) is 12.0. The summed E-state index contributed by atoms with van der Waals surface area (Å²) in [6.45, 7) is 6.09. The Bertz CT molecular complexity index is 533. The summed E-state index contributed by atoms with van der Waals surface area (Å²) >= 11 is 0. The second kappa shape index (κ2) is 5.17. The molecule has 0 spiro atoms. The van der Waals surface area contributed by atoms with Crippen LogP contribution in [0.3, 0.4) is 0 Å². The average molecular weight is 255 g/mol. The van der Waals surface area contributed by atoms with Gasteiger partial charge in [-0.3, -0.25) is 4.79 Å². The second-order valence-electron chi connectivity index (χ2n) is 6.04. The molecule has 1 aromatic carbocycles. The highest BCUT2D eigenvalue weighted by Gasteiger charge is 2.40. The number of ketones is 1. The molecule has 2 nitrogen and oxygen atoms in total. The molecule has 0 bridgehead atoms. The lowest BCUT2D eigenvalue weighted by Gasteiger charge is -2.24. The van der Waals surface area contributed by atoms with Crippen molar-refractivity contribution in [3.8, 4) is 6.07 Å². The predicted octanol–water partition coefficient (Wildman–Crippen LogP) is 4.06. The molecule has 0 aromatic heterocycles. The third-order valence-corrected chi connectivity index (χ3v) is 4.56. The minimum atomic E-state index is -0.609. The van der Waals surface area contributed by atoms with Crippen LogP contribution in [0.4, 0.5) is 0 Å². The van der Waals surface area contributed by atoms with Crippen molar-refractivity contribution in [3.63, 3.8) is 0 Å². The Morgan fingerprint density at radius 1 is 1.26 bits per heavy atom. The van der Waals surface area contributed by atoms with Crippen LogP contribution in [0.1, 0.15) is 55.2 Å². The Kier molecular flexibility index (Phi) is 3.75. The topological polar surface area (TPSA) is 40.9 Å². The minimum Gasteiger partial charge on any atom is -0.297 e. The van der Waals surface area contributed by atoms with Gasteiger partial charge in [0.25, 0.3) is 0 Å². The first-order valence-electron chi connectivity index (χ1n) is 6.99. The lowest BCUT2D eigenvalue weighted by Crippen LogP contribution is -2.29. The number of Topliss-reactive ketones (excluding diaryl/α,β-unsaturated/α-hetero) is 1. The van der Waals surface area contributed by atoms with Crippen molar-refractivity contribution in [1.29, 1.82) is 5.26 Å². The summed E-state index contributed by atoms with van der Waals surface area (Å²) in [6.07, 6.45) is 4.06. The summed E-state index contributed by atoms with van der Waals surface area (Å²) in [5.74, 6) is -0.502. The van der Waals surface area contributed by atoms with E-state index in [4.69, 9.17) is 0 Å². The van der Waals surface area contributed by atoms with Crippen LogP contribution in [0.15, 0.2) is 18.2 Å². The molecule has 0 saturated heterocycles. The molecule has 1 aliphatic rings. The number of nitrogens with zero attached hydrogens (tertiary/aromatic N) is 1. The highest BCUT2D eigenvalue weighted by Crippen LogP contribution is 2.42. The molecule has 19 heavy (non-hydrogen) atoms. The number of rotatable bonds is 3. The van der Waals surface area contributed by atoms with Crippen molar-refractivity contribution >= 4 is 5.78 Å². The van der Waals surface area contributed by atoms with E-state index in [9.17, 15) is 10.1 Å². The number of carbonyl (C=O) groups is 1. The highest BCUT2D eigenvalue weighted by molar-refractivity contribution is 5.93. The van der Waals surface area contributed by atoms with Crippen LogP contribution < -0.4 is 0 Å². The summed E-state index contributed by atoms with van der Waals surface area (Å²) in [4.78, 5) is 12.7. The molecule has 1 aliphatic carbocycles. The largest absolute Gasteiger partial charge is 0.297 e. The summed E-state index contributed by atoms with van der Waals surface area (Å²) in [5.41, 5.74) is 2.89. The molecule has 100 valence electrons. The molecule has 0 radical (unpaired) electrons. The first-order valence-corrected chi connectivity index (χ1v) is 6.99. The van der Waals surface area contributed by atoms with Gasteiger partial charge in [0.1, 0.15) is 5.92 Å². The number of aryl methyl sites for hydroxylation is 2. The van der Waals surface area contributed by atoms with Gasteiger partial charge in [-0.2, -0.15) is 5.26 Å². The normalized spacial score (nSPS) is 18.8. The molecule has 2 heteroatoms. The fourth-order valence-corrected chi connectivity index (χ4v) is 2.98. The van der Waals surface area contributed by atoms with E-state index in [0.29, 0.717) is 0 Å². The fourth-order valence-electron chi connectivity index (χ4n) is 2.98. The van der Waals surface area contributed by atoms with Gasteiger partial charge < -0.3 is 0 Å². The fraction of sp³-hybridized carbons (Fsp3) is 0.529. The lowest BCUT2D eigenvalue weighted by molar-refractivity contribution is -0.128. The van der Waals surface area contributed by atoms with Gasteiger partial charge in [-0.1, -0.05) is 38.0 Å². The third-order valence-electron chi connectivity index (χ3n) is 4.56. The SMILES string of the molecule is Cc1ccc(C(C#N)C(=O)C2(C)CCCC2)cc1C. The molecule has 1 fully saturated rings. The van der Waals surface area contributed by atoms with Gasteiger partial charge in [0.05, 0.1) is 6.07 Å². The van der Waals surface area contributed by atoms with Crippen LogP contribution in [0.25, 0.3) is 0 Å². The zero-order chi connectivity index (χ0) is 14.0. The Hall–Kier alpha value is -1.62. The Morgan fingerprint density at radius 3 is 2.42 bits per heavy atom. The molecule has 0 N–H and O–H groups in total. The minimum absolute atomic E-state index is 0.107. The number of nitriles is 1. The van der Waals surface area contributed by atoms with Crippen LogP contribution in [0.2, 0.25) is 0 Å². The van der Waals surface area contributed by atoms with Crippen LogP contribution in [-0.4, -0.2) is 5.78 Å². The number of carbonyl (C=O) groups excluding carboxylic acids is 1. The van der Waals surface area contributed by atoms with Crippen molar-refractivity contribution in [2.75, 3.05) is 0 Å². The average Bonchev–Trinajstić information content (AvgIpc) is 2.83. The van der Waals surface area contributed by atoms with Gasteiger partial charge in [-0.05, 0) is 43.4 Å². The Balaban J connectivity index is 2.32. The first-order chi connectivity index (χ1) is 8.98. The Labute approximate surface area is 115 Å². The van der Waals surface area contributed by atoms with Gasteiger partial charge >= 0.3 is 0 Å². The zero-order valence-electron chi connectivity index (χ0n) is 12.0. The summed E-state index contributed by atoms with van der Waals surface area (Å²) in [5, 5.41) is 9.41. The number of hydrogen-bond acceptors (Lipinski definition) is 2. The molecular weight excluding hydrogens is 234 g/mol. The first kappa shape index (κ1) is 13.8. The van der Waals surface area contributed by atoms with Crippen LogP contribution in [-0.2, 0) is 4.79 Å². The van der Waals surface area contributed by atoms with Crippen molar-refractivity contribution in [3.05, 3.63) is 34.9 Å². The Morgan fingerprint density at radius 2 is 1.89 bits per heavy atom. The molecule has 0 aliphatic heterocycles. The molecule has 0 amide bonds. The molecule has 1 unspecified atom stereocenters. The van der Waals surface area contributed by atoms with Gasteiger partial charge in [0.15, 0.2) is 5.78 Å². The second-order valence-corrected chi connectivity index (χ2v) is 6.04. The summed E-state index contributed by atoms with van der Waals surface area (Å²) < 4.78 is 0. The maximum atomic E-state index is 12.7. The molecular formula is C17H21NO. The van der Waals surface area contributed by atoms with E-state index >= 15 is 0 Å². The van der Waals surface area contributed by atoms with E-state index in [1.165, 1.54) is 5.56 Å². The standard InChI is InChI=1S/C17H21NO/c1-12-6-7-14(10-13(12)2)15(11-18)16(19)17(3)8-4-5-9-17/h6-7,10,15H,4-5,8-9H2,1-3H3. The van der Waals surface area contributed by atoms with Gasteiger partial charge in [0, 0.05) is 5.41 Å². The van der Waals surface area contributed by atoms with Crippen LogP contribution in [0.5, 0.6) is 0 Å². The van der Waals surface area contributed by atoms with Gasteiger partial charge in [-0.15, -0.1) is 0 Å². The van der Waals surface area contributed by atoms with Crippen LogP contribution in [0, 0.1) is 30.6 Å². The van der Waals surface area contributed by atoms with Crippen molar-refractivity contribution in [2.45, 2.75) is 52.4 Å². The predicted molar refractivity (Wildman–Crippen MR) is 75.9 cm³/mol. The molecule has 1 atom stereocenters. The van der Waals surface area contributed by atoms with Gasteiger partial charge in [0.2, 0.25) is 0 Å². The molecule has 1 saturated carbocycles.